The molecule has 1 aliphatic carbocycles. The van der Waals surface area contributed by atoms with E-state index in [0.29, 0.717) is 11.3 Å². The van der Waals surface area contributed by atoms with Crippen molar-refractivity contribution in [1.82, 2.24) is 14.8 Å². The van der Waals surface area contributed by atoms with Gasteiger partial charge in [0, 0.05) is 6.20 Å². The second-order valence-corrected chi connectivity index (χ2v) is 4.55. The molecule has 1 aliphatic rings. The molecule has 2 heterocycles. The lowest BCUT2D eigenvalue weighted by Crippen LogP contribution is -2.11. The van der Waals surface area contributed by atoms with Crippen molar-refractivity contribution in [2.75, 3.05) is 0 Å². The summed E-state index contributed by atoms with van der Waals surface area (Å²) in [5.41, 5.74) is 1.47. The molecule has 1 unspecified atom stereocenters. The number of aromatic amines is 1. The van der Waals surface area contributed by atoms with Gasteiger partial charge < -0.3 is 4.98 Å². The minimum absolute atomic E-state index is 0.0204. The zero-order valence-electron chi connectivity index (χ0n) is 9.60. The second kappa shape index (κ2) is 3.49. The first-order valence-electron chi connectivity index (χ1n) is 5.75. The molecule has 4 heteroatoms. The normalized spacial score (nSPS) is 16.9. The monoisotopic (exact) mass is 227 g/mol. The van der Waals surface area contributed by atoms with Gasteiger partial charge in [0.25, 0.3) is 5.56 Å². The minimum Gasteiger partial charge on any atom is -0.328 e. The van der Waals surface area contributed by atoms with Crippen LogP contribution in [0.5, 0.6) is 0 Å². The van der Waals surface area contributed by atoms with Gasteiger partial charge in [-0.05, 0) is 31.7 Å². The number of pyridine rings is 1. The lowest BCUT2D eigenvalue weighted by atomic mass is 10.2. The fraction of sp³-hybridized carbons (Fsp3) is 0.385. The van der Waals surface area contributed by atoms with Gasteiger partial charge in [-0.2, -0.15) is 5.10 Å². The Morgan fingerprint density at radius 1 is 1.65 bits per heavy atom. The molecular formula is C13H13N3O. The molecule has 3 rings (SSSR count). The van der Waals surface area contributed by atoms with Crippen LogP contribution in [0.2, 0.25) is 0 Å². The Bertz CT molecular complexity index is 670. The maximum Gasteiger partial charge on any atom is 0.259 e. The SMILES string of the molecule is C#CC(C1CC1)n1nc(C)c2c(=O)[nH]ccc21. The van der Waals surface area contributed by atoms with Crippen molar-refractivity contribution in [3.05, 3.63) is 28.3 Å². The van der Waals surface area contributed by atoms with E-state index in [9.17, 15) is 4.79 Å². The first kappa shape index (κ1) is 10.2. The highest BCUT2D eigenvalue weighted by Crippen LogP contribution is 2.40. The van der Waals surface area contributed by atoms with Crippen LogP contribution < -0.4 is 5.56 Å². The lowest BCUT2D eigenvalue weighted by Gasteiger charge is -2.10. The van der Waals surface area contributed by atoms with Crippen molar-refractivity contribution < 1.29 is 0 Å². The summed E-state index contributed by atoms with van der Waals surface area (Å²) in [4.78, 5) is 14.4. The number of fused-ring (bicyclic) bond motifs is 1. The van der Waals surface area contributed by atoms with Gasteiger partial charge in [0.05, 0.1) is 16.6 Å². The van der Waals surface area contributed by atoms with E-state index in [1.807, 2.05) is 17.7 Å². The van der Waals surface area contributed by atoms with Crippen LogP contribution in [0.4, 0.5) is 0 Å². The van der Waals surface area contributed by atoms with Crippen LogP contribution in [-0.2, 0) is 0 Å². The third-order valence-electron chi connectivity index (χ3n) is 3.31. The topological polar surface area (TPSA) is 50.7 Å². The Kier molecular flexibility index (Phi) is 2.08. The number of nitrogens with zero attached hydrogens (tertiary/aromatic N) is 2. The van der Waals surface area contributed by atoms with E-state index < -0.39 is 0 Å². The van der Waals surface area contributed by atoms with E-state index in [4.69, 9.17) is 6.42 Å². The van der Waals surface area contributed by atoms with Gasteiger partial charge >= 0.3 is 0 Å². The number of terminal acetylenes is 1. The van der Waals surface area contributed by atoms with Gasteiger partial charge in [0.15, 0.2) is 0 Å². The van der Waals surface area contributed by atoms with Gasteiger partial charge in [0.2, 0.25) is 0 Å². The molecule has 0 saturated heterocycles. The van der Waals surface area contributed by atoms with E-state index in [2.05, 4.69) is 16.0 Å². The summed E-state index contributed by atoms with van der Waals surface area (Å²) < 4.78 is 1.83. The second-order valence-electron chi connectivity index (χ2n) is 4.55. The minimum atomic E-state index is -0.0992. The molecule has 17 heavy (non-hydrogen) atoms. The molecule has 0 bridgehead atoms. The van der Waals surface area contributed by atoms with Crippen molar-refractivity contribution in [1.29, 1.82) is 0 Å². The zero-order valence-corrected chi connectivity index (χ0v) is 9.60. The zero-order chi connectivity index (χ0) is 12.0. The highest BCUT2D eigenvalue weighted by Gasteiger charge is 2.33. The van der Waals surface area contributed by atoms with E-state index in [-0.39, 0.29) is 11.6 Å². The first-order valence-corrected chi connectivity index (χ1v) is 5.75. The molecule has 86 valence electrons. The van der Waals surface area contributed by atoms with Crippen LogP contribution in [0.15, 0.2) is 17.1 Å². The van der Waals surface area contributed by atoms with Crippen molar-refractivity contribution in [2.24, 2.45) is 5.92 Å². The quantitative estimate of drug-likeness (QED) is 0.792. The molecule has 0 aliphatic heterocycles. The Labute approximate surface area is 98.6 Å². The molecule has 0 radical (unpaired) electrons. The van der Waals surface area contributed by atoms with E-state index in [0.717, 1.165) is 24.1 Å². The fourth-order valence-electron chi connectivity index (χ4n) is 2.30. The number of rotatable bonds is 2. The van der Waals surface area contributed by atoms with Crippen molar-refractivity contribution >= 4 is 10.9 Å². The van der Waals surface area contributed by atoms with Crippen molar-refractivity contribution in [3.8, 4) is 12.3 Å². The summed E-state index contributed by atoms with van der Waals surface area (Å²) in [6, 6.07) is 1.84. The van der Waals surface area contributed by atoms with E-state index >= 15 is 0 Å². The number of aromatic nitrogens is 3. The van der Waals surface area contributed by atoms with Crippen LogP contribution in [-0.4, -0.2) is 14.8 Å². The molecule has 0 spiro atoms. The van der Waals surface area contributed by atoms with Crippen molar-refractivity contribution in [2.45, 2.75) is 25.8 Å². The summed E-state index contributed by atoms with van der Waals surface area (Å²) in [5, 5.41) is 5.08. The van der Waals surface area contributed by atoms with Crippen LogP contribution >= 0.6 is 0 Å². The third-order valence-corrected chi connectivity index (χ3v) is 3.31. The maximum atomic E-state index is 11.7. The Hall–Kier alpha value is -2.02. The molecule has 0 aromatic carbocycles. The number of nitrogens with one attached hydrogen (secondary N) is 1. The number of hydrogen-bond acceptors (Lipinski definition) is 2. The highest BCUT2D eigenvalue weighted by molar-refractivity contribution is 5.80. The first-order chi connectivity index (χ1) is 8.22. The fourth-order valence-corrected chi connectivity index (χ4v) is 2.30. The standard InChI is InChI=1S/C13H13N3O/c1-3-10(9-4-5-9)16-11-6-7-14-13(17)12(11)8(2)15-16/h1,6-7,9-10H,4-5H2,2H3,(H,14,17). The molecule has 2 aromatic rings. The average molecular weight is 227 g/mol. The van der Waals surface area contributed by atoms with E-state index in [1.54, 1.807) is 6.20 Å². The van der Waals surface area contributed by atoms with Gasteiger partial charge in [-0.1, -0.05) is 5.92 Å². The Balaban J connectivity index is 2.27. The summed E-state index contributed by atoms with van der Waals surface area (Å²) >= 11 is 0. The summed E-state index contributed by atoms with van der Waals surface area (Å²) in [6.07, 6.45) is 9.53. The molecular weight excluding hydrogens is 214 g/mol. The van der Waals surface area contributed by atoms with E-state index in [1.165, 1.54) is 0 Å². The molecule has 1 N–H and O–H groups in total. The number of hydrogen-bond donors (Lipinski definition) is 1. The van der Waals surface area contributed by atoms with Gasteiger partial charge in [-0.3, -0.25) is 4.79 Å². The molecule has 1 fully saturated rings. The Morgan fingerprint density at radius 2 is 2.41 bits per heavy atom. The highest BCUT2D eigenvalue weighted by atomic mass is 16.1. The molecule has 0 amide bonds. The maximum absolute atomic E-state index is 11.7. The smallest absolute Gasteiger partial charge is 0.259 e. The molecule has 1 saturated carbocycles. The van der Waals surface area contributed by atoms with Gasteiger partial charge in [-0.15, -0.1) is 6.42 Å². The largest absolute Gasteiger partial charge is 0.328 e. The summed E-state index contributed by atoms with van der Waals surface area (Å²) in [6.45, 7) is 1.84. The third kappa shape index (κ3) is 1.47. The number of aryl methyl sites for hydroxylation is 1. The predicted molar refractivity (Wildman–Crippen MR) is 65.7 cm³/mol. The van der Waals surface area contributed by atoms with Crippen LogP contribution in [0.3, 0.4) is 0 Å². The summed E-state index contributed by atoms with van der Waals surface area (Å²) in [7, 11) is 0. The molecule has 4 nitrogen and oxygen atoms in total. The summed E-state index contributed by atoms with van der Waals surface area (Å²) in [5.74, 6) is 3.31. The van der Waals surface area contributed by atoms with Crippen molar-refractivity contribution in [3.63, 3.8) is 0 Å². The van der Waals surface area contributed by atoms with Crippen LogP contribution in [0.25, 0.3) is 10.9 Å². The molecule has 2 aromatic heterocycles. The van der Waals surface area contributed by atoms with Crippen LogP contribution in [0, 0.1) is 25.2 Å². The Morgan fingerprint density at radius 3 is 3.06 bits per heavy atom. The lowest BCUT2D eigenvalue weighted by molar-refractivity contribution is 0.513. The van der Waals surface area contributed by atoms with Gasteiger partial charge in [-0.25, -0.2) is 4.68 Å². The predicted octanol–water partition coefficient (Wildman–Crippen LogP) is 1.62. The molecule has 1 atom stereocenters. The van der Waals surface area contributed by atoms with Crippen LogP contribution in [0.1, 0.15) is 24.6 Å². The number of H-pyrrole nitrogens is 1. The van der Waals surface area contributed by atoms with Gasteiger partial charge in [0.1, 0.15) is 6.04 Å². The average Bonchev–Trinajstić information content (AvgIpc) is 3.07.